The maximum atomic E-state index is 12.2. The highest BCUT2D eigenvalue weighted by Gasteiger charge is 2.13. The van der Waals surface area contributed by atoms with Crippen LogP contribution in [-0.2, 0) is 6.42 Å². The van der Waals surface area contributed by atoms with Crippen LogP contribution >= 0.6 is 0 Å². The smallest absolute Gasteiger partial charge is 0.188 e. The summed E-state index contributed by atoms with van der Waals surface area (Å²) in [6, 6.07) is 0. The third-order valence-corrected chi connectivity index (χ3v) is 5.93. The van der Waals surface area contributed by atoms with E-state index in [0.29, 0.717) is 16.8 Å². The standard InChI is InChI=1S/C24H37NO2/c1-19-21(3)25(27)23(20(2)24(19)26)18-14-9-7-5-4-6-8-11-15-22-16-12-10-13-17-22/h12,16-17,27H,4-11,13-15,18H2,1-3H3. The Balaban J connectivity index is 1.56. The maximum absolute atomic E-state index is 12.2. The Labute approximate surface area is 164 Å². The van der Waals surface area contributed by atoms with Gasteiger partial charge in [0, 0.05) is 11.1 Å². The summed E-state index contributed by atoms with van der Waals surface area (Å²) in [5.41, 5.74) is 4.41. The van der Waals surface area contributed by atoms with Crippen molar-refractivity contribution in [1.82, 2.24) is 4.73 Å². The van der Waals surface area contributed by atoms with E-state index in [9.17, 15) is 10.0 Å². The zero-order valence-electron chi connectivity index (χ0n) is 17.5. The van der Waals surface area contributed by atoms with Crippen molar-refractivity contribution in [3.05, 3.63) is 56.5 Å². The molecule has 1 heterocycles. The minimum atomic E-state index is 0.0762. The molecule has 0 radical (unpaired) electrons. The Hall–Kier alpha value is -1.77. The van der Waals surface area contributed by atoms with Gasteiger partial charge in [0.25, 0.3) is 0 Å². The van der Waals surface area contributed by atoms with Gasteiger partial charge in [-0.3, -0.25) is 4.79 Å². The molecule has 0 saturated heterocycles. The number of unbranched alkanes of at least 4 members (excludes halogenated alkanes) is 7. The molecule has 0 aliphatic heterocycles. The number of hydrogen-bond acceptors (Lipinski definition) is 2. The average molecular weight is 372 g/mol. The Bertz CT molecular complexity index is 725. The molecule has 0 amide bonds. The second-order valence-electron chi connectivity index (χ2n) is 8.01. The monoisotopic (exact) mass is 371 g/mol. The van der Waals surface area contributed by atoms with Crippen molar-refractivity contribution in [3.8, 4) is 0 Å². The Kier molecular flexibility index (Phi) is 8.90. The number of pyridine rings is 1. The van der Waals surface area contributed by atoms with Gasteiger partial charge in [0.2, 0.25) is 0 Å². The Morgan fingerprint density at radius 2 is 1.44 bits per heavy atom. The van der Waals surface area contributed by atoms with Crippen LogP contribution in [0.2, 0.25) is 0 Å². The summed E-state index contributed by atoms with van der Waals surface area (Å²) in [5, 5.41) is 10.3. The van der Waals surface area contributed by atoms with E-state index < -0.39 is 0 Å². The van der Waals surface area contributed by atoms with Crippen LogP contribution in [0.15, 0.2) is 28.6 Å². The van der Waals surface area contributed by atoms with Crippen LogP contribution in [0.3, 0.4) is 0 Å². The molecular weight excluding hydrogens is 334 g/mol. The van der Waals surface area contributed by atoms with Crippen LogP contribution in [0.5, 0.6) is 0 Å². The first-order valence-electron chi connectivity index (χ1n) is 10.8. The van der Waals surface area contributed by atoms with Gasteiger partial charge in [-0.15, -0.1) is 0 Å². The highest BCUT2D eigenvalue weighted by Crippen LogP contribution is 2.18. The van der Waals surface area contributed by atoms with E-state index in [0.717, 1.165) is 25.0 Å². The molecule has 0 bridgehead atoms. The van der Waals surface area contributed by atoms with E-state index in [4.69, 9.17) is 0 Å². The largest absolute Gasteiger partial charge is 0.428 e. The lowest BCUT2D eigenvalue weighted by Crippen LogP contribution is -2.21. The zero-order valence-corrected chi connectivity index (χ0v) is 17.5. The zero-order chi connectivity index (χ0) is 19.6. The van der Waals surface area contributed by atoms with Gasteiger partial charge in [0.1, 0.15) is 0 Å². The Morgan fingerprint density at radius 3 is 2.04 bits per heavy atom. The van der Waals surface area contributed by atoms with Gasteiger partial charge in [-0.25, -0.2) is 0 Å². The van der Waals surface area contributed by atoms with Crippen molar-refractivity contribution < 1.29 is 5.21 Å². The SMILES string of the molecule is Cc1c(C)n(O)c(CCCCCCCCCCC2=CCCC=C2)c(C)c1=O. The molecule has 0 aromatic carbocycles. The van der Waals surface area contributed by atoms with Crippen molar-refractivity contribution in [2.24, 2.45) is 0 Å². The number of hydrogen-bond donors (Lipinski definition) is 1. The number of rotatable bonds is 11. The lowest BCUT2D eigenvalue weighted by atomic mass is 10.00. The van der Waals surface area contributed by atoms with Crippen molar-refractivity contribution in [3.63, 3.8) is 0 Å². The van der Waals surface area contributed by atoms with Gasteiger partial charge >= 0.3 is 0 Å². The number of nitrogens with zero attached hydrogens (tertiary/aromatic N) is 1. The summed E-state index contributed by atoms with van der Waals surface area (Å²) in [4.78, 5) is 12.2. The summed E-state index contributed by atoms with van der Waals surface area (Å²) >= 11 is 0. The normalized spacial score (nSPS) is 13.8. The highest BCUT2D eigenvalue weighted by molar-refractivity contribution is 5.29. The predicted octanol–water partition coefficient (Wildman–Crippen LogP) is 6.34. The van der Waals surface area contributed by atoms with E-state index in [-0.39, 0.29) is 5.43 Å². The van der Waals surface area contributed by atoms with Gasteiger partial charge in [0.15, 0.2) is 5.43 Å². The van der Waals surface area contributed by atoms with Crippen LogP contribution in [0.4, 0.5) is 0 Å². The molecule has 1 aliphatic carbocycles. The van der Waals surface area contributed by atoms with Crippen molar-refractivity contribution in [2.75, 3.05) is 0 Å². The van der Waals surface area contributed by atoms with Gasteiger partial charge in [-0.2, -0.15) is 4.73 Å². The Morgan fingerprint density at radius 1 is 0.852 bits per heavy atom. The first kappa shape index (κ1) is 21.5. The molecule has 0 saturated carbocycles. The second kappa shape index (κ2) is 11.2. The van der Waals surface area contributed by atoms with Crippen LogP contribution in [0, 0.1) is 20.8 Å². The lowest BCUT2D eigenvalue weighted by Gasteiger charge is -2.15. The van der Waals surface area contributed by atoms with Crippen LogP contribution in [-0.4, -0.2) is 9.94 Å². The van der Waals surface area contributed by atoms with Gasteiger partial charge in [0.05, 0.1) is 11.4 Å². The van der Waals surface area contributed by atoms with Gasteiger partial charge in [-0.05, 0) is 59.3 Å². The van der Waals surface area contributed by atoms with E-state index in [2.05, 4.69) is 18.2 Å². The summed E-state index contributed by atoms with van der Waals surface area (Å²) in [7, 11) is 0. The van der Waals surface area contributed by atoms with Crippen LogP contribution < -0.4 is 5.43 Å². The molecule has 0 fully saturated rings. The molecule has 0 atom stereocenters. The molecule has 0 unspecified atom stereocenters. The molecule has 27 heavy (non-hydrogen) atoms. The van der Waals surface area contributed by atoms with Gasteiger partial charge in [-0.1, -0.05) is 62.3 Å². The van der Waals surface area contributed by atoms with E-state index in [1.54, 1.807) is 13.8 Å². The fourth-order valence-corrected chi connectivity index (χ4v) is 3.93. The molecule has 1 aromatic heterocycles. The fraction of sp³-hybridized carbons (Fsp3) is 0.625. The van der Waals surface area contributed by atoms with E-state index >= 15 is 0 Å². The number of allylic oxidation sites excluding steroid dienone is 4. The molecule has 1 aromatic rings. The first-order chi connectivity index (χ1) is 13.0. The molecule has 1 N–H and O–H groups in total. The van der Waals surface area contributed by atoms with E-state index in [1.165, 1.54) is 68.1 Å². The molecule has 2 rings (SSSR count). The molecule has 3 heteroatoms. The average Bonchev–Trinajstić information content (AvgIpc) is 2.69. The molecule has 3 nitrogen and oxygen atoms in total. The van der Waals surface area contributed by atoms with E-state index in [1.807, 2.05) is 6.92 Å². The van der Waals surface area contributed by atoms with Crippen LogP contribution in [0.1, 0.15) is 93.1 Å². The van der Waals surface area contributed by atoms with Crippen LogP contribution in [0.25, 0.3) is 0 Å². The minimum absolute atomic E-state index is 0.0762. The molecule has 150 valence electrons. The second-order valence-corrected chi connectivity index (χ2v) is 8.01. The van der Waals surface area contributed by atoms with Crippen molar-refractivity contribution in [2.45, 2.75) is 97.8 Å². The maximum Gasteiger partial charge on any atom is 0.188 e. The predicted molar refractivity (Wildman–Crippen MR) is 114 cm³/mol. The first-order valence-corrected chi connectivity index (χ1v) is 10.8. The fourth-order valence-electron chi connectivity index (χ4n) is 3.93. The third-order valence-electron chi connectivity index (χ3n) is 5.93. The molecular formula is C24H37NO2. The molecule has 0 spiro atoms. The molecule has 1 aliphatic rings. The lowest BCUT2D eigenvalue weighted by molar-refractivity contribution is 0.165. The number of aromatic nitrogens is 1. The topological polar surface area (TPSA) is 42.2 Å². The van der Waals surface area contributed by atoms with Gasteiger partial charge < -0.3 is 5.21 Å². The minimum Gasteiger partial charge on any atom is -0.428 e. The van der Waals surface area contributed by atoms with Crippen molar-refractivity contribution in [1.29, 1.82) is 0 Å². The van der Waals surface area contributed by atoms with Crippen molar-refractivity contribution >= 4 is 0 Å². The summed E-state index contributed by atoms with van der Waals surface area (Å²) in [6.45, 7) is 5.42. The highest BCUT2D eigenvalue weighted by atomic mass is 16.5. The quantitative estimate of drug-likeness (QED) is 0.364. The summed E-state index contributed by atoms with van der Waals surface area (Å²) < 4.78 is 1.23. The summed E-state index contributed by atoms with van der Waals surface area (Å²) in [6.07, 6.45) is 21.5. The third kappa shape index (κ3) is 6.41. The summed E-state index contributed by atoms with van der Waals surface area (Å²) in [5.74, 6) is 0.